The van der Waals surface area contributed by atoms with Crippen LogP contribution in [0.4, 0.5) is 0 Å². The van der Waals surface area contributed by atoms with E-state index in [4.69, 9.17) is 0 Å². The molecule has 0 aromatic carbocycles. The second kappa shape index (κ2) is 4.88. The molecule has 0 amide bonds. The maximum atomic E-state index is 11.8. The Kier molecular flexibility index (Phi) is 3.50. The van der Waals surface area contributed by atoms with Crippen molar-refractivity contribution < 1.29 is 0 Å². The van der Waals surface area contributed by atoms with Gasteiger partial charge in [-0.15, -0.1) is 0 Å². The van der Waals surface area contributed by atoms with Gasteiger partial charge in [-0.3, -0.25) is 4.79 Å². The maximum Gasteiger partial charge on any atom is 0.265 e. The molecule has 0 saturated heterocycles. The lowest BCUT2D eigenvalue weighted by molar-refractivity contribution is 0.708. The Morgan fingerprint density at radius 2 is 1.94 bits per heavy atom. The lowest BCUT2D eigenvalue weighted by atomic mass is 10.4. The summed E-state index contributed by atoms with van der Waals surface area (Å²) in [6.07, 6.45) is 5.02. The van der Waals surface area contributed by atoms with Crippen LogP contribution >= 0.6 is 31.9 Å². The van der Waals surface area contributed by atoms with E-state index in [-0.39, 0.29) is 5.56 Å². The Morgan fingerprint density at radius 1 is 1.25 bits per heavy atom. The zero-order valence-corrected chi connectivity index (χ0v) is 11.3. The molecule has 2 rings (SSSR count). The summed E-state index contributed by atoms with van der Waals surface area (Å²) in [4.78, 5) is 19.9. The summed E-state index contributed by atoms with van der Waals surface area (Å²) >= 11 is 6.54. The first kappa shape index (κ1) is 11.5. The van der Waals surface area contributed by atoms with E-state index in [9.17, 15) is 4.79 Å². The van der Waals surface area contributed by atoms with Crippen molar-refractivity contribution in [3.8, 4) is 0 Å². The quantitative estimate of drug-likeness (QED) is 0.839. The molecule has 4 nitrogen and oxygen atoms in total. The van der Waals surface area contributed by atoms with Crippen LogP contribution in [0, 0.1) is 0 Å². The predicted octanol–water partition coefficient (Wildman–Crippen LogP) is 2.21. The first-order chi connectivity index (χ1) is 7.66. The van der Waals surface area contributed by atoms with Gasteiger partial charge in [0.05, 0.1) is 11.0 Å². The average Bonchev–Trinajstić information content (AvgIpc) is 2.27. The van der Waals surface area contributed by atoms with Crippen molar-refractivity contribution in [3.63, 3.8) is 0 Å². The van der Waals surface area contributed by atoms with Gasteiger partial charge in [-0.1, -0.05) is 0 Å². The zero-order valence-electron chi connectivity index (χ0n) is 8.10. The molecule has 0 radical (unpaired) electrons. The number of hydrogen-bond donors (Lipinski definition) is 0. The summed E-state index contributed by atoms with van der Waals surface area (Å²) in [5.41, 5.74) is -0.101. The molecule has 0 spiro atoms. The molecule has 16 heavy (non-hydrogen) atoms. The molecule has 2 aromatic heterocycles. The third-order valence-corrected chi connectivity index (χ3v) is 2.94. The van der Waals surface area contributed by atoms with Gasteiger partial charge in [-0.05, 0) is 44.0 Å². The molecule has 82 valence electrons. The van der Waals surface area contributed by atoms with E-state index in [1.807, 2.05) is 0 Å². The van der Waals surface area contributed by atoms with Crippen LogP contribution in [0.25, 0.3) is 0 Å². The molecule has 0 aliphatic carbocycles. The van der Waals surface area contributed by atoms with Gasteiger partial charge in [0, 0.05) is 23.1 Å². The smallest absolute Gasteiger partial charge is 0.265 e. The van der Waals surface area contributed by atoms with Crippen LogP contribution in [0.1, 0.15) is 5.82 Å². The standard InChI is InChI=1S/C10H7Br2N3O/c11-7-4-8(12)10(16)15(5-7)6-9-13-2-1-3-14-9/h1-5H,6H2. The van der Waals surface area contributed by atoms with E-state index < -0.39 is 0 Å². The summed E-state index contributed by atoms with van der Waals surface area (Å²) in [7, 11) is 0. The molecule has 0 saturated carbocycles. The van der Waals surface area contributed by atoms with Crippen LogP contribution in [-0.2, 0) is 6.54 Å². The van der Waals surface area contributed by atoms with Gasteiger partial charge in [0.25, 0.3) is 5.56 Å². The number of halogens is 2. The van der Waals surface area contributed by atoms with Crippen molar-refractivity contribution >= 4 is 31.9 Å². The second-order valence-electron chi connectivity index (χ2n) is 3.10. The third-order valence-electron chi connectivity index (χ3n) is 1.94. The monoisotopic (exact) mass is 343 g/mol. The lowest BCUT2D eigenvalue weighted by Crippen LogP contribution is -2.21. The number of pyridine rings is 1. The lowest BCUT2D eigenvalue weighted by Gasteiger charge is -2.05. The average molecular weight is 345 g/mol. The van der Waals surface area contributed by atoms with E-state index in [1.54, 1.807) is 35.3 Å². The van der Waals surface area contributed by atoms with Crippen LogP contribution in [0.15, 0.2) is 44.5 Å². The van der Waals surface area contributed by atoms with Gasteiger partial charge in [-0.25, -0.2) is 9.97 Å². The van der Waals surface area contributed by atoms with Gasteiger partial charge >= 0.3 is 0 Å². The van der Waals surface area contributed by atoms with E-state index >= 15 is 0 Å². The summed E-state index contributed by atoms with van der Waals surface area (Å²) in [5, 5.41) is 0. The number of rotatable bonds is 2. The molecule has 0 aliphatic rings. The van der Waals surface area contributed by atoms with Crippen molar-refractivity contribution in [2.45, 2.75) is 6.54 Å². The number of nitrogens with zero attached hydrogens (tertiary/aromatic N) is 3. The normalized spacial score (nSPS) is 10.4. The highest BCUT2D eigenvalue weighted by Gasteiger charge is 2.04. The predicted molar refractivity (Wildman–Crippen MR) is 67.2 cm³/mol. The maximum absolute atomic E-state index is 11.8. The summed E-state index contributed by atoms with van der Waals surface area (Å²) in [6.45, 7) is 0.359. The minimum atomic E-state index is -0.101. The highest BCUT2D eigenvalue weighted by atomic mass is 79.9. The van der Waals surface area contributed by atoms with E-state index in [0.717, 1.165) is 4.47 Å². The largest absolute Gasteiger partial charge is 0.306 e. The molecule has 0 atom stereocenters. The van der Waals surface area contributed by atoms with Gasteiger partial charge in [0.2, 0.25) is 0 Å². The summed E-state index contributed by atoms with van der Waals surface area (Å²) < 4.78 is 2.89. The van der Waals surface area contributed by atoms with Gasteiger partial charge in [-0.2, -0.15) is 0 Å². The molecule has 0 aliphatic heterocycles. The molecule has 0 unspecified atom stereocenters. The molecular formula is C10H7Br2N3O. The first-order valence-electron chi connectivity index (χ1n) is 4.48. The molecule has 2 aromatic rings. The topological polar surface area (TPSA) is 47.8 Å². The molecule has 0 fully saturated rings. The Morgan fingerprint density at radius 3 is 2.62 bits per heavy atom. The van der Waals surface area contributed by atoms with Crippen molar-refractivity contribution in [1.82, 2.24) is 14.5 Å². The highest BCUT2D eigenvalue weighted by molar-refractivity contribution is 9.11. The van der Waals surface area contributed by atoms with Crippen molar-refractivity contribution in [2.24, 2.45) is 0 Å². The van der Waals surface area contributed by atoms with Crippen LogP contribution in [0.3, 0.4) is 0 Å². The molecule has 0 N–H and O–H groups in total. The fraction of sp³-hybridized carbons (Fsp3) is 0.100. The minimum Gasteiger partial charge on any atom is -0.306 e. The van der Waals surface area contributed by atoms with Crippen LogP contribution in [-0.4, -0.2) is 14.5 Å². The molecule has 2 heterocycles. The van der Waals surface area contributed by atoms with Crippen LogP contribution in [0.2, 0.25) is 0 Å². The zero-order chi connectivity index (χ0) is 11.5. The minimum absolute atomic E-state index is 0.101. The first-order valence-corrected chi connectivity index (χ1v) is 6.07. The van der Waals surface area contributed by atoms with Crippen molar-refractivity contribution in [2.75, 3.05) is 0 Å². The molecule has 6 heteroatoms. The van der Waals surface area contributed by atoms with E-state index in [1.165, 1.54) is 0 Å². The van der Waals surface area contributed by atoms with Crippen molar-refractivity contribution in [1.29, 1.82) is 0 Å². The highest BCUT2D eigenvalue weighted by Crippen LogP contribution is 2.13. The Bertz CT molecular complexity index is 554. The van der Waals surface area contributed by atoms with Crippen molar-refractivity contribution in [3.05, 3.63) is 55.8 Å². The molecule has 0 bridgehead atoms. The molecular weight excluding hydrogens is 338 g/mol. The second-order valence-corrected chi connectivity index (χ2v) is 4.87. The fourth-order valence-electron chi connectivity index (χ4n) is 1.25. The number of aromatic nitrogens is 3. The van der Waals surface area contributed by atoms with E-state index in [2.05, 4.69) is 41.8 Å². The summed E-state index contributed by atoms with van der Waals surface area (Å²) in [6, 6.07) is 3.45. The fourth-order valence-corrected chi connectivity index (χ4v) is 2.50. The Labute approximate surface area is 109 Å². The van der Waals surface area contributed by atoms with Gasteiger partial charge in [0.15, 0.2) is 0 Å². The number of hydrogen-bond acceptors (Lipinski definition) is 3. The third kappa shape index (κ3) is 2.56. The van der Waals surface area contributed by atoms with E-state index in [0.29, 0.717) is 16.8 Å². The summed E-state index contributed by atoms with van der Waals surface area (Å²) in [5.74, 6) is 0.606. The van der Waals surface area contributed by atoms with Gasteiger partial charge < -0.3 is 4.57 Å². The van der Waals surface area contributed by atoms with Crippen LogP contribution < -0.4 is 5.56 Å². The Hall–Kier alpha value is -1.01. The Balaban J connectivity index is 2.39. The van der Waals surface area contributed by atoms with Gasteiger partial charge in [0.1, 0.15) is 5.82 Å². The van der Waals surface area contributed by atoms with Crippen LogP contribution in [0.5, 0.6) is 0 Å². The SMILES string of the molecule is O=c1c(Br)cc(Br)cn1Cc1ncccn1.